The molecule has 9 heteroatoms. The normalized spacial score (nSPS) is 18.9. The van der Waals surface area contributed by atoms with Gasteiger partial charge in [-0.05, 0) is 31.9 Å². The van der Waals surface area contributed by atoms with E-state index in [1.165, 1.54) is 25.3 Å². The van der Waals surface area contributed by atoms with E-state index < -0.39 is 22.7 Å². The van der Waals surface area contributed by atoms with Gasteiger partial charge in [-0.25, -0.2) is 4.39 Å². The molecular formula is C19H19FN4O4. The Labute approximate surface area is 160 Å². The maximum absolute atomic E-state index is 15.0. The van der Waals surface area contributed by atoms with Gasteiger partial charge in [0, 0.05) is 36.4 Å². The molecule has 2 heterocycles. The number of hydrogen-bond acceptors (Lipinski definition) is 5. The molecule has 0 saturated carbocycles. The fraction of sp³-hybridized carbons (Fsp3) is 0.316. The number of nitrogens with two attached hydrogens (primary N) is 1. The largest absolute Gasteiger partial charge is 0.364 e. The fourth-order valence-electron chi connectivity index (χ4n) is 3.84. The molecule has 0 spiro atoms. The topological polar surface area (TPSA) is 119 Å². The van der Waals surface area contributed by atoms with Gasteiger partial charge in [0.25, 0.3) is 11.6 Å². The summed E-state index contributed by atoms with van der Waals surface area (Å²) in [6, 6.07) is 4.39. The van der Waals surface area contributed by atoms with E-state index in [1.807, 2.05) is 6.92 Å². The lowest BCUT2D eigenvalue weighted by molar-refractivity contribution is -0.384. The van der Waals surface area contributed by atoms with Crippen molar-refractivity contribution in [2.75, 3.05) is 0 Å². The van der Waals surface area contributed by atoms with Gasteiger partial charge in [-0.1, -0.05) is 6.07 Å². The summed E-state index contributed by atoms with van der Waals surface area (Å²) >= 11 is 0. The van der Waals surface area contributed by atoms with Crippen molar-refractivity contribution in [1.29, 1.82) is 0 Å². The predicted molar refractivity (Wildman–Crippen MR) is 98.8 cm³/mol. The first kappa shape index (κ1) is 19.4. The van der Waals surface area contributed by atoms with Crippen LogP contribution < -0.4 is 5.73 Å². The second-order valence-electron chi connectivity index (χ2n) is 6.78. The van der Waals surface area contributed by atoms with Gasteiger partial charge in [-0.2, -0.15) is 0 Å². The maximum atomic E-state index is 15.0. The molecular weight excluding hydrogens is 367 g/mol. The number of benzene rings is 1. The van der Waals surface area contributed by atoms with Crippen molar-refractivity contribution >= 4 is 17.5 Å². The average molecular weight is 386 g/mol. The Hall–Kier alpha value is -3.36. The number of likely N-dealkylation sites (tertiary alicyclic amines) is 1. The number of halogens is 1. The van der Waals surface area contributed by atoms with Gasteiger partial charge in [0.15, 0.2) is 0 Å². The summed E-state index contributed by atoms with van der Waals surface area (Å²) in [5, 5.41) is 11.7. The number of nitro groups is 1. The van der Waals surface area contributed by atoms with Crippen LogP contribution in [0.3, 0.4) is 0 Å². The van der Waals surface area contributed by atoms with Crippen LogP contribution in [0.1, 0.15) is 48.8 Å². The summed E-state index contributed by atoms with van der Waals surface area (Å²) in [6.07, 6.45) is 2.51. The highest BCUT2D eigenvalue weighted by molar-refractivity contribution is 5.99. The molecule has 0 aliphatic carbocycles. The first-order chi connectivity index (χ1) is 13.2. The molecule has 2 N–H and O–H groups in total. The zero-order chi connectivity index (χ0) is 20.6. The van der Waals surface area contributed by atoms with Crippen LogP contribution in [-0.4, -0.2) is 32.7 Å². The van der Waals surface area contributed by atoms with Crippen LogP contribution in [0.15, 0.2) is 30.5 Å². The molecule has 0 radical (unpaired) electrons. The van der Waals surface area contributed by atoms with E-state index in [0.717, 1.165) is 12.1 Å². The second kappa shape index (κ2) is 7.34. The molecule has 1 fully saturated rings. The molecule has 3 rings (SSSR count). The minimum atomic E-state index is -0.873. The molecule has 1 aromatic carbocycles. The van der Waals surface area contributed by atoms with Gasteiger partial charge in [0.05, 0.1) is 16.5 Å². The predicted octanol–water partition coefficient (Wildman–Crippen LogP) is 2.97. The molecule has 1 aliphatic rings. The number of pyridine rings is 1. The van der Waals surface area contributed by atoms with Crippen LogP contribution in [0, 0.1) is 15.9 Å². The van der Waals surface area contributed by atoms with Crippen LogP contribution in [-0.2, 0) is 4.79 Å². The zero-order valence-electron chi connectivity index (χ0n) is 15.4. The summed E-state index contributed by atoms with van der Waals surface area (Å²) in [6.45, 7) is 3.25. The smallest absolute Gasteiger partial charge is 0.277 e. The highest BCUT2D eigenvalue weighted by Gasteiger charge is 2.36. The van der Waals surface area contributed by atoms with E-state index in [0.29, 0.717) is 12.8 Å². The van der Waals surface area contributed by atoms with Gasteiger partial charge in [0.2, 0.25) is 5.91 Å². The highest BCUT2D eigenvalue weighted by Crippen LogP contribution is 2.41. The number of hydrogen-bond donors (Lipinski definition) is 1. The summed E-state index contributed by atoms with van der Waals surface area (Å²) in [5.74, 6) is -1.78. The molecule has 8 nitrogen and oxygen atoms in total. The Bertz CT molecular complexity index is 978. The number of primary amides is 1. The van der Waals surface area contributed by atoms with Gasteiger partial charge in [-0.15, -0.1) is 0 Å². The first-order valence-electron chi connectivity index (χ1n) is 8.74. The summed E-state index contributed by atoms with van der Waals surface area (Å²) < 4.78 is 15.0. The van der Waals surface area contributed by atoms with Crippen LogP contribution in [0.2, 0.25) is 0 Å². The molecule has 2 atom stereocenters. The summed E-state index contributed by atoms with van der Waals surface area (Å²) in [4.78, 5) is 40.1. The van der Waals surface area contributed by atoms with Crippen molar-refractivity contribution in [2.45, 2.75) is 38.8 Å². The molecule has 2 unspecified atom stereocenters. The average Bonchev–Trinajstić information content (AvgIpc) is 3.02. The number of aromatic nitrogens is 1. The number of carbonyl (C=O) groups is 2. The monoisotopic (exact) mass is 386 g/mol. The maximum Gasteiger partial charge on any atom is 0.277 e. The Morgan fingerprint density at radius 3 is 2.64 bits per heavy atom. The van der Waals surface area contributed by atoms with Crippen LogP contribution >= 0.6 is 0 Å². The third kappa shape index (κ3) is 3.30. The molecule has 0 bridgehead atoms. The quantitative estimate of drug-likeness (QED) is 0.640. The lowest BCUT2D eigenvalue weighted by Gasteiger charge is -2.28. The number of nitro benzene ring substituents is 1. The van der Waals surface area contributed by atoms with Gasteiger partial charge >= 0.3 is 0 Å². The van der Waals surface area contributed by atoms with E-state index in [1.54, 1.807) is 4.90 Å². The van der Waals surface area contributed by atoms with Crippen molar-refractivity contribution in [3.8, 4) is 11.1 Å². The van der Waals surface area contributed by atoms with Crippen molar-refractivity contribution in [2.24, 2.45) is 5.73 Å². The number of rotatable bonds is 4. The number of amides is 2. The van der Waals surface area contributed by atoms with Crippen molar-refractivity contribution < 1.29 is 18.9 Å². The van der Waals surface area contributed by atoms with E-state index in [4.69, 9.17) is 5.73 Å². The summed E-state index contributed by atoms with van der Waals surface area (Å²) in [5.41, 5.74) is 4.81. The molecule has 28 heavy (non-hydrogen) atoms. The van der Waals surface area contributed by atoms with E-state index in [2.05, 4.69) is 4.98 Å². The lowest BCUT2D eigenvalue weighted by Crippen LogP contribution is -2.34. The Morgan fingerprint density at radius 1 is 1.32 bits per heavy atom. The van der Waals surface area contributed by atoms with Crippen molar-refractivity contribution in [3.05, 3.63) is 57.7 Å². The van der Waals surface area contributed by atoms with Crippen LogP contribution in [0.5, 0.6) is 0 Å². The Kier molecular flexibility index (Phi) is 5.08. The minimum Gasteiger partial charge on any atom is -0.364 e. The zero-order valence-corrected chi connectivity index (χ0v) is 15.4. The third-order valence-corrected chi connectivity index (χ3v) is 5.03. The van der Waals surface area contributed by atoms with E-state index >= 15 is 4.39 Å². The van der Waals surface area contributed by atoms with Crippen LogP contribution in [0.25, 0.3) is 11.1 Å². The second-order valence-corrected chi connectivity index (χ2v) is 6.78. The van der Waals surface area contributed by atoms with Gasteiger partial charge in [-0.3, -0.25) is 24.7 Å². The standard InChI is InChI=1S/C19H19FN4O4/c1-10-5-6-16(23(10)11(2)25)14-9-17(24(27)28)13(8-15(14)20)12-4-3-7-22-18(12)19(21)26/h3-4,7-10,16H,5-6H2,1-2H3,(H2,21,26). The minimum absolute atomic E-state index is 0.0790. The molecule has 1 aliphatic heterocycles. The Morgan fingerprint density at radius 2 is 2.04 bits per heavy atom. The summed E-state index contributed by atoms with van der Waals surface area (Å²) in [7, 11) is 0. The molecule has 2 aromatic rings. The SMILES string of the molecule is CC(=O)N1C(C)CCC1c1cc([N+](=O)[O-])c(-c2cccnc2C(N)=O)cc1F. The number of nitrogens with zero attached hydrogens (tertiary/aromatic N) is 3. The van der Waals surface area contributed by atoms with E-state index in [-0.39, 0.29) is 40.0 Å². The number of carbonyl (C=O) groups excluding carboxylic acids is 2. The fourth-order valence-corrected chi connectivity index (χ4v) is 3.84. The molecule has 1 aromatic heterocycles. The van der Waals surface area contributed by atoms with Crippen molar-refractivity contribution in [3.63, 3.8) is 0 Å². The molecule has 146 valence electrons. The van der Waals surface area contributed by atoms with Crippen molar-refractivity contribution in [1.82, 2.24) is 9.88 Å². The molecule has 1 saturated heterocycles. The Balaban J connectivity index is 2.19. The van der Waals surface area contributed by atoms with E-state index in [9.17, 15) is 19.7 Å². The highest BCUT2D eigenvalue weighted by atomic mass is 19.1. The lowest BCUT2D eigenvalue weighted by atomic mass is 9.95. The molecule has 2 amide bonds. The first-order valence-corrected chi connectivity index (χ1v) is 8.74. The van der Waals surface area contributed by atoms with Gasteiger partial charge < -0.3 is 10.6 Å². The van der Waals surface area contributed by atoms with Gasteiger partial charge in [0.1, 0.15) is 11.5 Å². The van der Waals surface area contributed by atoms with Crippen LogP contribution in [0.4, 0.5) is 10.1 Å². The third-order valence-electron chi connectivity index (χ3n) is 5.03.